The van der Waals surface area contributed by atoms with Crippen LogP contribution in [0.4, 0.5) is 5.82 Å². The quantitative estimate of drug-likeness (QED) is 0.745. The highest BCUT2D eigenvalue weighted by molar-refractivity contribution is 8.14. The smallest absolute Gasteiger partial charge is 0.157 e. The minimum atomic E-state index is 0.921. The average Bonchev–Trinajstić information content (AvgIpc) is 3.07. The first-order valence-electron chi connectivity index (χ1n) is 6.61. The number of thiophene rings is 1. The number of hydrogen-bond acceptors (Lipinski definition) is 4. The number of aromatic nitrogens is 1. The van der Waals surface area contributed by atoms with E-state index in [-0.39, 0.29) is 0 Å². The van der Waals surface area contributed by atoms with Crippen LogP contribution in [0, 0.1) is 0 Å². The summed E-state index contributed by atoms with van der Waals surface area (Å²) in [5.74, 6) is 2.09. The highest BCUT2D eigenvalue weighted by atomic mass is 32.2. The van der Waals surface area contributed by atoms with Crippen molar-refractivity contribution >= 4 is 34.0 Å². The molecule has 0 fully saturated rings. The number of thioether (sulfide) groups is 1. The Morgan fingerprint density at radius 3 is 3.05 bits per heavy atom. The highest BCUT2D eigenvalue weighted by Crippen LogP contribution is 2.32. The van der Waals surface area contributed by atoms with Gasteiger partial charge in [0.05, 0.1) is 15.6 Å². The van der Waals surface area contributed by atoms with E-state index in [4.69, 9.17) is 0 Å². The predicted molar refractivity (Wildman–Crippen MR) is 85.7 cm³/mol. The van der Waals surface area contributed by atoms with Gasteiger partial charge >= 0.3 is 0 Å². The maximum Gasteiger partial charge on any atom is 0.157 e. The van der Waals surface area contributed by atoms with Gasteiger partial charge in [-0.15, -0.1) is 23.1 Å². The van der Waals surface area contributed by atoms with Crippen molar-refractivity contribution in [1.82, 2.24) is 4.98 Å². The highest BCUT2D eigenvalue weighted by Gasteiger charge is 2.17. The van der Waals surface area contributed by atoms with E-state index in [1.165, 1.54) is 34.1 Å². The fourth-order valence-corrected chi connectivity index (χ4v) is 3.78. The summed E-state index contributed by atoms with van der Waals surface area (Å²) in [6, 6.07) is 8.45. The Morgan fingerprint density at radius 2 is 2.26 bits per heavy atom. The molecule has 98 valence electrons. The van der Waals surface area contributed by atoms with E-state index in [0.29, 0.717) is 0 Å². The summed E-state index contributed by atoms with van der Waals surface area (Å²) in [6.45, 7) is 2.22. The van der Waals surface area contributed by atoms with Crippen molar-refractivity contribution in [2.24, 2.45) is 4.99 Å². The first-order valence-corrected chi connectivity index (χ1v) is 8.47. The fourth-order valence-electron chi connectivity index (χ4n) is 2.01. The number of aliphatic imine (C=N–C) groups is 1. The van der Waals surface area contributed by atoms with Gasteiger partial charge in [-0.1, -0.05) is 25.5 Å². The van der Waals surface area contributed by atoms with Crippen LogP contribution in [0.1, 0.15) is 25.3 Å². The summed E-state index contributed by atoms with van der Waals surface area (Å²) in [6.07, 6.45) is 3.46. The molecular formula is C15H16N2S2. The van der Waals surface area contributed by atoms with Gasteiger partial charge in [-0.3, -0.25) is 0 Å². The molecule has 0 radical (unpaired) electrons. The molecule has 2 aromatic rings. The van der Waals surface area contributed by atoms with Gasteiger partial charge in [0.15, 0.2) is 5.82 Å². The molecule has 0 atom stereocenters. The van der Waals surface area contributed by atoms with Crippen molar-refractivity contribution in [3.63, 3.8) is 0 Å². The lowest BCUT2D eigenvalue weighted by molar-refractivity contribution is 0.898. The van der Waals surface area contributed by atoms with Crippen LogP contribution in [0.15, 0.2) is 34.6 Å². The molecule has 0 N–H and O–H groups in total. The van der Waals surface area contributed by atoms with E-state index in [0.717, 1.165) is 17.9 Å². The van der Waals surface area contributed by atoms with Gasteiger partial charge in [0, 0.05) is 12.0 Å². The van der Waals surface area contributed by atoms with Crippen molar-refractivity contribution in [2.75, 3.05) is 5.75 Å². The van der Waals surface area contributed by atoms with Crippen molar-refractivity contribution < 1.29 is 0 Å². The number of unbranched alkanes of at least 4 members (excludes halogenated alkanes) is 1. The molecule has 4 heteroatoms. The van der Waals surface area contributed by atoms with Gasteiger partial charge in [-0.2, -0.15) is 0 Å². The number of rotatable bonds is 4. The number of fused-ring (bicyclic) bond motifs is 1. The summed E-state index contributed by atoms with van der Waals surface area (Å²) >= 11 is 3.60. The van der Waals surface area contributed by atoms with Crippen LogP contribution >= 0.6 is 23.1 Å². The van der Waals surface area contributed by atoms with Crippen LogP contribution in [0.2, 0.25) is 0 Å². The van der Waals surface area contributed by atoms with Gasteiger partial charge < -0.3 is 0 Å². The normalized spacial score (nSPS) is 13.4. The zero-order chi connectivity index (χ0) is 13.1. The van der Waals surface area contributed by atoms with E-state index < -0.39 is 0 Å². The van der Waals surface area contributed by atoms with E-state index >= 15 is 0 Å². The lowest BCUT2D eigenvalue weighted by Crippen LogP contribution is -1.93. The minimum absolute atomic E-state index is 0.921. The third-order valence-electron chi connectivity index (χ3n) is 3.07. The number of pyridine rings is 1. The maximum absolute atomic E-state index is 4.68. The molecule has 3 heterocycles. The van der Waals surface area contributed by atoms with E-state index in [2.05, 4.69) is 46.5 Å². The third kappa shape index (κ3) is 2.90. The molecule has 0 aliphatic carbocycles. The molecule has 1 aliphatic heterocycles. The zero-order valence-corrected chi connectivity index (χ0v) is 12.6. The van der Waals surface area contributed by atoms with Crippen molar-refractivity contribution in [1.29, 1.82) is 0 Å². The Balaban J connectivity index is 1.77. The monoisotopic (exact) mass is 288 g/mol. The Labute approximate surface area is 122 Å². The topological polar surface area (TPSA) is 25.2 Å². The molecule has 1 aliphatic rings. The van der Waals surface area contributed by atoms with E-state index in [1.807, 2.05) is 11.8 Å². The molecule has 0 spiro atoms. The maximum atomic E-state index is 4.68. The van der Waals surface area contributed by atoms with Crippen molar-refractivity contribution in [2.45, 2.75) is 26.2 Å². The SMILES string of the molecule is CCCCSC1=Nc2nc(-c3cccs3)ccc2C1. The largest absolute Gasteiger partial charge is 0.228 e. The summed E-state index contributed by atoms with van der Waals surface area (Å²) in [4.78, 5) is 10.6. The standard InChI is InChI=1S/C15H16N2S2/c1-2-3-8-19-14-10-11-6-7-12(16-15(11)17-14)13-5-4-9-18-13/h4-7,9H,2-3,8,10H2,1H3. The second kappa shape index (κ2) is 5.88. The third-order valence-corrected chi connectivity index (χ3v) is 5.02. The molecule has 0 unspecified atom stereocenters. The first-order chi connectivity index (χ1) is 9.36. The van der Waals surface area contributed by atoms with Crippen LogP contribution in [0.3, 0.4) is 0 Å². The predicted octanol–water partition coefficient (Wildman–Crippen LogP) is 4.93. The molecule has 19 heavy (non-hydrogen) atoms. The number of nitrogens with zero attached hydrogens (tertiary/aromatic N) is 2. The molecule has 3 rings (SSSR count). The summed E-state index contributed by atoms with van der Waals surface area (Å²) in [7, 11) is 0. The first kappa shape index (κ1) is 12.9. The minimum Gasteiger partial charge on any atom is -0.228 e. The molecule has 0 saturated heterocycles. The Morgan fingerprint density at radius 1 is 1.32 bits per heavy atom. The Bertz CT molecular complexity index is 588. The van der Waals surface area contributed by atoms with Gasteiger partial charge in [0.25, 0.3) is 0 Å². The lowest BCUT2D eigenvalue weighted by atomic mass is 10.2. The van der Waals surface area contributed by atoms with E-state index in [9.17, 15) is 0 Å². The lowest BCUT2D eigenvalue weighted by Gasteiger charge is -1.99. The van der Waals surface area contributed by atoms with Crippen LogP contribution in [-0.4, -0.2) is 15.8 Å². The Hall–Kier alpha value is -1.13. The number of hydrogen-bond donors (Lipinski definition) is 0. The van der Waals surface area contributed by atoms with Crippen LogP contribution in [0.25, 0.3) is 10.6 Å². The van der Waals surface area contributed by atoms with Gasteiger partial charge in [-0.05, 0) is 29.7 Å². The van der Waals surface area contributed by atoms with Crippen LogP contribution in [-0.2, 0) is 6.42 Å². The summed E-state index contributed by atoms with van der Waals surface area (Å²) in [5, 5.41) is 3.30. The molecule has 0 bridgehead atoms. The average molecular weight is 288 g/mol. The van der Waals surface area contributed by atoms with Crippen LogP contribution in [0.5, 0.6) is 0 Å². The molecule has 2 nitrogen and oxygen atoms in total. The van der Waals surface area contributed by atoms with Crippen molar-refractivity contribution in [3.05, 3.63) is 35.2 Å². The second-order valence-corrected chi connectivity index (χ2v) is 6.66. The fraction of sp³-hybridized carbons (Fsp3) is 0.333. The van der Waals surface area contributed by atoms with Gasteiger partial charge in [-0.25, -0.2) is 9.98 Å². The van der Waals surface area contributed by atoms with Crippen molar-refractivity contribution in [3.8, 4) is 10.6 Å². The molecule has 0 saturated carbocycles. The van der Waals surface area contributed by atoms with E-state index in [1.54, 1.807) is 11.3 Å². The molecular weight excluding hydrogens is 272 g/mol. The molecule has 0 aromatic carbocycles. The van der Waals surface area contributed by atoms with Crippen LogP contribution < -0.4 is 0 Å². The van der Waals surface area contributed by atoms with Gasteiger partial charge in [0.1, 0.15) is 0 Å². The second-order valence-electron chi connectivity index (χ2n) is 4.54. The van der Waals surface area contributed by atoms with Gasteiger partial charge in [0.2, 0.25) is 0 Å². The summed E-state index contributed by atoms with van der Waals surface area (Å²) < 4.78 is 0. The molecule has 2 aromatic heterocycles. The summed E-state index contributed by atoms with van der Waals surface area (Å²) in [5.41, 5.74) is 2.30. The Kier molecular flexibility index (Phi) is 3.99. The zero-order valence-electron chi connectivity index (χ0n) is 10.9. The molecule has 0 amide bonds.